The first-order valence-electron chi connectivity index (χ1n) is 6.69. The van der Waals surface area contributed by atoms with E-state index < -0.39 is 6.10 Å². The van der Waals surface area contributed by atoms with Crippen LogP contribution >= 0.6 is 15.9 Å². The molecule has 0 saturated carbocycles. The standard InChI is InChI=1S/C15H21BrO4/c1-3-19-15(17)14(18-2)11-12-7-4-5-8-13(12)20-10-6-9-16/h4-5,7-8,14H,3,6,9-11H2,1-2H3/t14-/m0/s1. The summed E-state index contributed by atoms with van der Waals surface area (Å²) in [5.74, 6) is 0.449. The van der Waals surface area contributed by atoms with Crippen LogP contribution in [0.1, 0.15) is 18.9 Å². The Labute approximate surface area is 128 Å². The van der Waals surface area contributed by atoms with E-state index in [2.05, 4.69) is 15.9 Å². The van der Waals surface area contributed by atoms with Gasteiger partial charge < -0.3 is 14.2 Å². The molecule has 4 nitrogen and oxygen atoms in total. The molecule has 0 aliphatic heterocycles. The summed E-state index contributed by atoms with van der Waals surface area (Å²) >= 11 is 3.37. The molecule has 0 amide bonds. The van der Waals surface area contributed by atoms with Crippen LogP contribution in [-0.2, 0) is 20.7 Å². The van der Waals surface area contributed by atoms with Gasteiger partial charge >= 0.3 is 5.97 Å². The van der Waals surface area contributed by atoms with Gasteiger partial charge in [0.1, 0.15) is 5.75 Å². The molecule has 112 valence electrons. The minimum absolute atomic E-state index is 0.342. The van der Waals surface area contributed by atoms with Gasteiger partial charge in [-0.05, 0) is 25.0 Å². The Morgan fingerprint density at radius 1 is 1.35 bits per heavy atom. The first-order valence-corrected chi connectivity index (χ1v) is 7.81. The number of benzene rings is 1. The van der Waals surface area contributed by atoms with E-state index in [1.807, 2.05) is 24.3 Å². The van der Waals surface area contributed by atoms with Crippen LogP contribution in [0.15, 0.2) is 24.3 Å². The Hall–Kier alpha value is -1.07. The van der Waals surface area contributed by atoms with Gasteiger partial charge in [0.05, 0.1) is 13.2 Å². The number of alkyl halides is 1. The highest BCUT2D eigenvalue weighted by Gasteiger charge is 2.21. The molecular formula is C15H21BrO4. The molecule has 20 heavy (non-hydrogen) atoms. The number of methoxy groups -OCH3 is 1. The topological polar surface area (TPSA) is 44.8 Å². The van der Waals surface area contributed by atoms with E-state index in [-0.39, 0.29) is 5.97 Å². The summed E-state index contributed by atoms with van der Waals surface area (Å²) in [5, 5.41) is 0.901. The lowest BCUT2D eigenvalue weighted by Crippen LogP contribution is -2.27. The summed E-state index contributed by atoms with van der Waals surface area (Å²) in [6.45, 7) is 2.77. The van der Waals surface area contributed by atoms with Gasteiger partial charge in [0.25, 0.3) is 0 Å². The fourth-order valence-corrected chi connectivity index (χ4v) is 1.98. The Morgan fingerprint density at radius 3 is 2.75 bits per heavy atom. The van der Waals surface area contributed by atoms with E-state index in [9.17, 15) is 4.79 Å². The second kappa shape index (κ2) is 9.77. The number of esters is 1. The van der Waals surface area contributed by atoms with Crippen LogP contribution in [0.2, 0.25) is 0 Å². The van der Waals surface area contributed by atoms with Crippen LogP contribution in [0.3, 0.4) is 0 Å². The molecule has 0 fully saturated rings. The van der Waals surface area contributed by atoms with Crippen LogP contribution in [0.4, 0.5) is 0 Å². The molecule has 0 bridgehead atoms. The molecule has 1 aromatic carbocycles. The fourth-order valence-electron chi connectivity index (χ4n) is 1.75. The van der Waals surface area contributed by atoms with Gasteiger partial charge in [0, 0.05) is 18.9 Å². The highest BCUT2D eigenvalue weighted by Crippen LogP contribution is 2.21. The van der Waals surface area contributed by atoms with E-state index in [0.717, 1.165) is 23.1 Å². The number of carbonyl (C=O) groups is 1. The van der Waals surface area contributed by atoms with Crippen LogP contribution in [0, 0.1) is 0 Å². The Kier molecular flexibility index (Phi) is 8.30. The van der Waals surface area contributed by atoms with Crippen molar-refractivity contribution >= 4 is 21.9 Å². The molecule has 0 N–H and O–H groups in total. The van der Waals surface area contributed by atoms with E-state index in [4.69, 9.17) is 14.2 Å². The van der Waals surface area contributed by atoms with Crippen LogP contribution in [0.5, 0.6) is 5.75 Å². The SMILES string of the molecule is CCOC(=O)[C@H](Cc1ccccc1OCCCBr)OC. The van der Waals surface area contributed by atoms with Gasteiger partial charge in [-0.2, -0.15) is 0 Å². The number of rotatable bonds is 9. The van der Waals surface area contributed by atoms with E-state index >= 15 is 0 Å². The third-order valence-electron chi connectivity index (χ3n) is 2.75. The average molecular weight is 345 g/mol. The molecule has 0 saturated heterocycles. The second-order valence-electron chi connectivity index (χ2n) is 4.18. The maximum Gasteiger partial charge on any atom is 0.335 e. The number of halogens is 1. The van der Waals surface area contributed by atoms with E-state index in [1.54, 1.807) is 6.92 Å². The lowest BCUT2D eigenvalue weighted by Gasteiger charge is -2.16. The number of hydrogen-bond acceptors (Lipinski definition) is 4. The predicted octanol–water partition coefficient (Wildman–Crippen LogP) is 2.97. The zero-order valence-electron chi connectivity index (χ0n) is 11.9. The number of para-hydroxylation sites is 1. The lowest BCUT2D eigenvalue weighted by atomic mass is 10.1. The van der Waals surface area contributed by atoms with Crippen molar-refractivity contribution in [1.29, 1.82) is 0 Å². The quantitative estimate of drug-likeness (QED) is 0.392. The second-order valence-corrected chi connectivity index (χ2v) is 4.97. The van der Waals surface area contributed by atoms with E-state index in [1.165, 1.54) is 7.11 Å². The molecule has 0 spiro atoms. The summed E-state index contributed by atoms with van der Waals surface area (Å²) in [5.41, 5.74) is 0.946. The third-order valence-corrected chi connectivity index (χ3v) is 3.31. The minimum atomic E-state index is -0.601. The van der Waals surface area contributed by atoms with Crippen molar-refractivity contribution in [3.8, 4) is 5.75 Å². The van der Waals surface area contributed by atoms with Crippen molar-refractivity contribution in [2.24, 2.45) is 0 Å². The minimum Gasteiger partial charge on any atom is -0.493 e. The van der Waals surface area contributed by atoms with Gasteiger partial charge in [-0.1, -0.05) is 34.1 Å². The van der Waals surface area contributed by atoms with Crippen molar-refractivity contribution in [1.82, 2.24) is 0 Å². The molecule has 0 aliphatic rings. The smallest absolute Gasteiger partial charge is 0.335 e. The summed E-state index contributed by atoms with van der Waals surface area (Å²) in [6.07, 6.45) is 0.774. The maximum absolute atomic E-state index is 11.8. The maximum atomic E-state index is 11.8. The summed E-state index contributed by atoms with van der Waals surface area (Å²) in [7, 11) is 1.51. The zero-order valence-corrected chi connectivity index (χ0v) is 13.5. The summed E-state index contributed by atoms with van der Waals surface area (Å²) < 4.78 is 15.9. The van der Waals surface area contributed by atoms with Crippen molar-refractivity contribution in [2.75, 3.05) is 25.7 Å². The molecule has 0 aliphatic carbocycles. The predicted molar refractivity (Wildman–Crippen MR) is 81.5 cm³/mol. The molecule has 1 aromatic rings. The Bertz CT molecular complexity index is 409. The Morgan fingerprint density at radius 2 is 2.10 bits per heavy atom. The molecule has 5 heteroatoms. The molecule has 1 atom stereocenters. The molecule has 1 rings (SSSR count). The molecule has 0 radical (unpaired) electrons. The number of ether oxygens (including phenoxy) is 3. The molecule has 0 unspecified atom stereocenters. The fraction of sp³-hybridized carbons (Fsp3) is 0.533. The van der Waals surface area contributed by atoms with Crippen molar-refractivity contribution in [3.05, 3.63) is 29.8 Å². The first-order chi connectivity index (χ1) is 9.72. The van der Waals surface area contributed by atoms with Crippen LogP contribution < -0.4 is 4.74 Å². The molecule has 0 heterocycles. The average Bonchev–Trinajstić information content (AvgIpc) is 2.46. The van der Waals surface area contributed by atoms with Gasteiger partial charge in [-0.15, -0.1) is 0 Å². The highest BCUT2D eigenvalue weighted by atomic mass is 79.9. The largest absolute Gasteiger partial charge is 0.493 e. The summed E-state index contributed by atoms with van der Waals surface area (Å²) in [6, 6.07) is 7.68. The summed E-state index contributed by atoms with van der Waals surface area (Å²) in [4.78, 5) is 11.8. The van der Waals surface area contributed by atoms with Gasteiger partial charge in [-0.3, -0.25) is 0 Å². The highest BCUT2D eigenvalue weighted by molar-refractivity contribution is 9.09. The number of carbonyl (C=O) groups excluding carboxylic acids is 1. The van der Waals surface area contributed by atoms with Gasteiger partial charge in [-0.25, -0.2) is 4.79 Å². The van der Waals surface area contributed by atoms with Gasteiger partial charge in [0.15, 0.2) is 6.10 Å². The monoisotopic (exact) mass is 344 g/mol. The lowest BCUT2D eigenvalue weighted by molar-refractivity contribution is -0.154. The van der Waals surface area contributed by atoms with Crippen molar-refractivity contribution < 1.29 is 19.0 Å². The van der Waals surface area contributed by atoms with Crippen LogP contribution in [0.25, 0.3) is 0 Å². The van der Waals surface area contributed by atoms with Crippen molar-refractivity contribution in [2.45, 2.75) is 25.9 Å². The van der Waals surface area contributed by atoms with E-state index in [0.29, 0.717) is 19.6 Å². The molecular weight excluding hydrogens is 324 g/mol. The van der Waals surface area contributed by atoms with Gasteiger partial charge in [0.2, 0.25) is 0 Å². The number of hydrogen-bond donors (Lipinski definition) is 0. The first kappa shape index (κ1) is 17.0. The normalized spacial score (nSPS) is 11.9. The zero-order chi connectivity index (χ0) is 14.8. The Balaban J connectivity index is 2.71. The van der Waals surface area contributed by atoms with Crippen LogP contribution in [-0.4, -0.2) is 37.7 Å². The molecule has 0 aromatic heterocycles. The van der Waals surface area contributed by atoms with Crippen molar-refractivity contribution in [3.63, 3.8) is 0 Å². The third kappa shape index (κ3) is 5.51.